The summed E-state index contributed by atoms with van der Waals surface area (Å²) in [6, 6.07) is 10.5. The van der Waals surface area contributed by atoms with Crippen molar-refractivity contribution in [3.05, 3.63) is 114 Å². The molecule has 212 valence electrons. The molecule has 0 aliphatic heterocycles. The highest BCUT2D eigenvalue weighted by atomic mass is 14.9. The van der Waals surface area contributed by atoms with Crippen molar-refractivity contribution in [3.8, 4) is 11.1 Å². The van der Waals surface area contributed by atoms with Crippen LogP contribution in [0.5, 0.6) is 0 Å². The number of nitrogens with two attached hydrogens (primary N) is 1. The lowest BCUT2D eigenvalue weighted by Gasteiger charge is -2.24. The van der Waals surface area contributed by atoms with Crippen molar-refractivity contribution >= 4 is 23.8 Å². The molecule has 0 atom stereocenters. The molecule has 1 saturated carbocycles. The van der Waals surface area contributed by atoms with E-state index in [0.717, 1.165) is 50.7 Å². The van der Waals surface area contributed by atoms with Crippen molar-refractivity contribution in [1.29, 1.82) is 0 Å². The quantitative estimate of drug-likeness (QED) is 0.156. The summed E-state index contributed by atoms with van der Waals surface area (Å²) >= 11 is 0. The predicted molar refractivity (Wildman–Crippen MR) is 175 cm³/mol. The molecule has 1 aliphatic carbocycles. The van der Waals surface area contributed by atoms with Gasteiger partial charge >= 0.3 is 0 Å². The first-order valence-electron chi connectivity index (χ1n) is 14.3. The standard InChI is InChI=1S/C35H42N6/c1-24-10-9-13-29(18-24)33-22-39-23-35(26(33)3)40-25(2)14-15-31(36)16-17-34(37-5)30-19-32(21-38-20-30)41-27(4)28-11-7-6-8-12-28/h9-10,13,16-23,28,40-41H,2,4-8,11-12,14-15,36H2,1,3H3/b31-16+,34-17-. The first kappa shape index (κ1) is 29.5. The summed E-state index contributed by atoms with van der Waals surface area (Å²) in [5.74, 6) is 0.518. The Hall–Kier alpha value is -4.45. The second-order valence-corrected chi connectivity index (χ2v) is 10.9. The Bertz CT molecular complexity index is 1460. The zero-order chi connectivity index (χ0) is 29.2. The molecule has 2 aromatic heterocycles. The number of nitrogens with one attached hydrogen (secondary N) is 2. The first-order chi connectivity index (χ1) is 19.8. The lowest BCUT2D eigenvalue weighted by atomic mass is 9.87. The van der Waals surface area contributed by atoms with Crippen LogP contribution in [-0.4, -0.2) is 16.7 Å². The van der Waals surface area contributed by atoms with Gasteiger partial charge in [0.1, 0.15) is 0 Å². The number of rotatable bonds is 12. The second-order valence-electron chi connectivity index (χ2n) is 10.9. The Morgan fingerprint density at radius 2 is 1.76 bits per heavy atom. The molecule has 0 bridgehead atoms. The summed E-state index contributed by atoms with van der Waals surface area (Å²) in [6.45, 7) is 16.5. The molecule has 2 heterocycles. The summed E-state index contributed by atoms with van der Waals surface area (Å²) in [6.07, 6.45) is 18.7. The molecule has 4 rings (SSSR count). The molecule has 6 heteroatoms. The Kier molecular flexibility index (Phi) is 10.3. The fourth-order valence-electron chi connectivity index (χ4n) is 5.20. The molecule has 0 unspecified atom stereocenters. The fourth-order valence-corrected chi connectivity index (χ4v) is 5.20. The number of allylic oxidation sites excluding steroid dienone is 5. The van der Waals surface area contributed by atoms with Gasteiger partial charge in [-0.2, -0.15) is 0 Å². The number of aliphatic imine (C=N–C) groups is 1. The van der Waals surface area contributed by atoms with E-state index in [1.165, 1.54) is 37.7 Å². The van der Waals surface area contributed by atoms with Crippen LogP contribution in [0.2, 0.25) is 0 Å². The molecule has 1 aromatic carbocycles. The summed E-state index contributed by atoms with van der Waals surface area (Å²) in [5.41, 5.74) is 17.1. The number of pyridine rings is 2. The largest absolute Gasteiger partial charge is 0.402 e. The van der Waals surface area contributed by atoms with Gasteiger partial charge in [0, 0.05) is 40.6 Å². The normalized spacial score (nSPS) is 14.4. The molecule has 1 fully saturated rings. The van der Waals surface area contributed by atoms with E-state index in [-0.39, 0.29) is 0 Å². The van der Waals surface area contributed by atoms with Gasteiger partial charge < -0.3 is 16.4 Å². The Labute approximate surface area is 244 Å². The Morgan fingerprint density at radius 3 is 2.51 bits per heavy atom. The molecule has 0 amide bonds. The predicted octanol–water partition coefficient (Wildman–Crippen LogP) is 8.56. The van der Waals surface area contributed by atoms with E-state index in [0.29, 0.717) is 24.5 Å². The van der Waals surface area contributed by atoms with Crippen LogP contribution in [0.3, 0.4) is 0 Å². The average molecular weight is 547 g/mol. The molecule has 0 saturated heterocycles. The number of nitrogens with zero attached hydrogens (tertiary/aromatic N) is 3. The molecule has 4 N–H and O–H groups in total. The summed E-state index contributed by atoms with van der Waals surface area (Å²) in [7, 11) is 0. The molecule has 41 heavy (non-hydrogen) atoms. The van der Waals surface area contributed by atoms with E-state index in [1.54, 1.807) is 6.20 Å². The maximum Gasteiger partial charge on any atom is 0.0711 e. The highest BCUT2D eigenvalue weighted by Gasteiger charge is 2.17. The maximum absolute atomic E-state index is 6.35. The Balaban J connectivity index is 1.35. The smallest absolute Gasteiger partial charge is 0.0711 e. The summed E-state index contributed by atoms with van der Waals surface area (Å²) in [4.78, 5) is 13.1. The zero-order valence-electron chi connectivity index (χ0n) is 24.4. The van der Waals surface area contributed by atoms with Crippen LogP contribution in [0.4, 0.5) is 11.4 Å². The van der Waals surface area contributed by atoms with Crippen molar-refractivity contribution in [1.82, 2.24) is 9.97 Å². The van der Waals surface area contributed by atoms with E-state index < -0.39 is 0 Å². The minimum Gasteiger partial charge on any atom is -0.402 e. The van der Waals surface area contributed by atoms with Gasteiger partial charge in [-0.05, 0) is 81.5 Å². The lowest BCUT2D eigenvalue weighted by molar-refractivity contribution is 0.405. The van der Waals surface area contributed by atoms with E-state index in [1.807, 2.05) is 36.8 Å². The third kappa shape index (κ3) is 8.27. The summed E-state index contributed by atoms with van der Waals surface area (Å²) < 4.78 is 0. The van der Waals surface area contributed by atoms with Crippen molar-refractivity contribution in [2.75, 3.05) is 10.6 Å². The first-order valence-corrected chi connectivity index (χ1v) is 14.3. The molecule has 1 aliphatic rings. The SMILES string of the molecule is C=N/C(=C\C=C(\N)CCC(=C)Nc1cncc(-c2cccc(C)c2)c1C)c1cncc(NC(=C)C2CCCCC2)c1. The van der Waals surface area contributed by atoms with Crippen LogP contribution >= 0.6 is 0 Å². The number of aromatic nitrogens is 2. The van der Waals surface area contributed by atoms with Crippen LogP contribution in [0.15, 0.2) is 103 Å². The molecule has 0 radical (unpaired) electrons. The minimum absolute atomic E-state index is 0.518. The van der Waals surface area contributed by atoms with Crippen molar-refractivity contribution < 1.29 is 0 Å². The highest BCUT2D eigenvalue weighted by molar-refractivity contribution is 5.73. The van der Waals surface area contributed by atoms with E-state index >= 15 is 0 Å². The van der Waals surface area contributed by atoms with Crippen molar-refractivity contribution in [2.45, 2.75) is 58.8 Å². The third-order valence-corrected chi connectivity index (χ3v) is 7.63. The monoisotopic (exact) mass is 546 g/mol. The molecular formula is C35H42N6. The van der Waals surface area contributed by atoms with Crippen molar-refractivity contribution in [3.63, 3.8) is 0 Å². The maximum atomic E-state index is 6.35. The van der Waals surface area contributed by atoms with Gasteiger partial charge in [0.2, 0.25) is 0 Å². The highest BCUT2D eigenvalue weighted by Crippen LogP contribution is 2.31. The van der Waals surface area contributed by atoms with Gasteiger partial charge in [-0.15, -0.1) is 0 Å². The molecule has 0 spiro atoms. The number of aryl methyl sites for hydroxylation is 1. The van der Waals surface area contributed by atoms with E-state index in [2.05, 4.69) is 83.6 Å². The summed E-state index contributed by atoms with van der Waals surface area (Å²) in [5, 5.41) is 6.89. The lowest BCUT2D eigenvalue weighted by Crippen LogP contribution is -2.14. The second kappa shape index (κ2) is 14.3. The molecule has 3 aromatic rings. The minimum atomic E-state index is 0.518. The van der Waals surface area contributed by atoms with Gasteiger partial charge in [0.05, 0.1) is 29.5 Å². The van der Waals surface area contributed by atoms with Crippen molar-refractivity contribution in [2.24, 2.45) is 16.6 Å². The van der Waals surface area contributed by atoms with E-state index in [4.69, 9.17) is 5.73 Å². The van der Waals surface area contributed by atoms with Gasteiger partial charge in [-0.1, -0.05) is 62.2 Å². The average Bonchev–Trinajstić information content (AvgIpc) is 2.98. The fraction of sp³-hybridized carbons (Fsp3) is 0.286. The number of anilines is 2. The van der Waals surface area contributed by atoms with Crippen LogP contribution in [-0.2, 0) is 0 Å². The van der Waals surface area contributed by atoms with Gasteiger partial charge in [-0.25, -0.2) is 0 Å². The van der Waals surface area contributed by atoms with Gasteiger partial charge in [0.25, 0.3) is 0 Å². The van der Waals surface area contributed by atoms with E-state index in [9.17, 15) is 0 Å². The zero-order valence-corrected chi connectivity index (χ0v) is 24.4. The number of hydrogen-bond acceptors (Lipinski definition) is 6. The van der Waals surface area contributed by atoms with Crippen LogP contribution in [0.1, 0.15) is 61.6 Å². The number of benzene rings is 1. The molecular weight excluding hydrogens is 504 g/mol. The third-order valence-electron chi connectivity index (χ3n) is 7.63. The topological polar surface area (TPSA) is 88.2 Å². The van der Waals surface area contributed by atoms with Gasteiger partial charge in [-0.3, -0.25) is 15.0 Å². The number of hydrogen-bond donors (Lipinski definition) is 3. The molecule has 6 nitrogen and oxygen atoms in total. The van der Waals surface area contributed by atoms with Crippen LogP contribution in [0, 0.1) is 19.8 Å². The van der Waals surface area contributed by atoms with Gasteiger partial charge in [0.15, 0.2) is 0 Å². The van der Waals surface area contributed by atoms with Crippen LogP contribution in [0.25, 0.3) is 16.8 Å². The Morgan fingerprint density at radius 1 is 0.976 bits per heavy atom. The van der Waals surface area contributed by atoms with Crippen LogP contribution < -0.4 is 16.4 Å².